The number of aryl methyl sites for hydroxylation is 1. The molecule has 0 aliphatic carbocycles. The second-order valence-electron chi connectivity index (χ2n) is 3.07. The van der Waals surface area contributed by atoms with Crippen LogP contribution in [0.2, 0.25) is 0 Å². The van der Waals surface area contributed by atoms with Crippen molar-refractivity contribution in [2.45, 2.75) is 20.3 Å². The number of nitrogens with zero attached hydrogens (tertiary/aromatic N) is 1. The van der Waals surface area contributed by atoms with Crippen LogP contribution < -0.4 is 4.74 Å². The summed E-state index contributed by atoms with van der Waals surface area (Å²) < 4.78 is 6.72. The second-order valence-corrected chi connectivity index (χ2v) is 3.95. The Kier molecular flexibility index (Phi) is 2.68. The van der Waals surface area contributed by atoms with Crippen molar-refractivity contribution in [2.24, 2.45) is 0 Å². The van der Waals surface area contributed by atoms with Gasteiger partial charge in [-0.3, -0.25) is 0 Å². The first-order valence-corrected chi connectivity index (χ1v) is 5.72. The molecule has 2 nitrogen and oxygen atoms in total. The number of fused-ring (bicyclic) bond motifs is 1. The molecule has 0 atom stereocenters. The first kappa shape index (κ1) is 9.46. The van der Waals surface area contributed by atoms with Crippen LogP contribution in [0, 0.1) is 0 Å². The van der Waals surface area contributed by atoms with Crippen molar-refractivity contribution in [2.75, 3.05) is 6.61 Å². The molecule has 1 heterocycles. The van der Waals surface area contributed by atoms with Gasteiger partial charge >= 0.3 is 0 Å². The average Bonchev–Trinajstić information content (AvgIpc) is 2.65. The summed E-state index contributed by atoms with van der Waals surface area (Å²) in [5, 5.41) is 0. The Balaban J connectivity index is 2.55. The topological polar surface area (TPSA) is 22.1 Å². The minimum absolute atomic E-state index is 0.716. The highest BCUT2D eigenvalue weighted by Gasteiger charge is 2.05. The SMILES string of the molecule is CCOc1cc(CC)c2ncsc2c1. The van der Waals surface area contributed by atoms with E-state index in [2.05, 4.69) is 24.0 Å². The molecule has 0 saturated heterocycles. The molecular formula is C11H13NOS. The highest BCUT2D eigenvalue weighted by Crippen LogP contribution is 2.27. The summed E-state index contributed by atoms with van der Waals surface area (Å²) >= 11 is 1.67. The summed E-state index contributed by atoms with van der Waals surface area (Å²) in [4.78, 5) is 4.35. The second kappa shape index (κ2) is 3.96. The summed E-state index contributed by atoms with van der Waals surface area (Å²) in [5.41, 5.74) is 4.28. The monoisotopic (exact) mass is 207 g/mol. The molecule has 0 aliphatic heterocycles. The maximum atomic E-state index is 5.50. The largest absolute Gasteiger partial charge is 0.494 e. The molecule has 1 aromatic heterocycles. The molecule has 0 fully saturated rings. The molecule has 0 amide bonds. The lowest BCUT2D eigenvalue weighted by Crippen LogP contribution is -1.92. The predicted molar refractivity (Wildman–Crippen MR) is 60.2 cm³/mol. The van der Waals surface area contributed by atoms with Crippen LogP contribution in [-0.2, 0) is 6.42 Å². The van der Waals surface area contributed by atoms with Crippen molar-refractivity contribution in [1.29, 1.82) is 0 Å². The number of ether oxygens (including phenoxy) is 1. The van der Waals surface area contributed by atoms with E-state index in [-0.39, 0.29) is 0 Å². The highest BCUT2D eigenvalue weighted by molar-refractivity contribution is 7.16. The summed E-state index contributed by atoms with van der Waals surface area (Å²) in [5.74, 6) is 0.959. The van der Waals surface area contributed by atoms with Gasteiger partial charge in [0.15, 0.2) is 0 Å². The molecule has 1 aromatic carbocycles. The van der Waals surface area contributed by atoms with Crippen LogP contribution in [0.5, 0.6) is 5.75 Å². The van der Waals surface area contributed by atoms with E-state index in [4.69, 9.17) is 4.74 Å². The van der Waals surface area contributed by atoms with Gasteiger partial charge < -0.3 is 4.74 Å². The maximum absolute atomic E-state index is 5.50. The van der Waals surface area contributed by atoms with E-state index in [0.29, 0.717) is 6.61 Å². The molecule has 0 radical (unpaired) electrons. The van der Waals surface area contributed by atoms with E-state index >= 15 is 0 Å². The smallest absolute Gasteiger partial charge is 0.121 e. The summed E-state index contributed by atoms with van der Waals surface area (Å²) in [7, 11) is 0. The summed E-state index contributed by atoms with van der Waals surface area (Å²) in [6.07, 6.45) is 1.00. The zero-order valence-electron chi connectivity index (χ0n) is 8.41. The first-order valence-electron chi connectivity index (χ1n) is 4.84. The molecule has 74 valence electrons. The van der Waals surface area contributed by atoms with E-state index in [1.54, 1.807) is 11.3 Å². The fourth-order valence-corrected chi connectivity index (χ4v) is 2.28. The van der Waals surface area contributed by atoms with Crippen molar-refractivity contribution in [3.63, 3.8) is 0 Å². The van der Waals surface area contributed by atoms with Gasteiger partial charge in [0.25, 0.3) is 0 Å². The first-order chi connectivity index (χ1) is 6.85. The van der Waals surface area contributed by atoms with E-state index < -0.39 is 0 Å². The lowest BCUT2D eigenvalue weighted by Gasteiger charge is -2.05. The molecule has 0 unspecified atom stereocenters. The number of rotatable bonds is 3. The molecule has 0 aliphatic rings. The highest BCUT2D eigenvalue weighted by atomic mass is 32.1. The van der Waals surface area contributed by atoms with Gasteiger partial charge in [-0.05, 0) is 31.0 Å². The zero-order valence-corrected chi connectivity index (χ0v) is 9.23. The van der Waals surface area contributed by atoms with E-state index in [9.17, 15) is 0 Å². The minimum Gasteiger partial charge on any atom is -0.494 e. The molecule has 2 rings (SSSR count). The van der Waals surface area contributed by atoms with Gasteiger partial charge in [0.05, 0.1) is 22.3 Å². The Hall–Kier alpha value is -1.09. The Morgan fingerprint density at radius 3 is 2.93 bits per heavy atom. The van der Waals surface area contributed by atoms with Gasteiger partial charge in [-0.25, -0.2) is 4.98 Å². The molecule has 0 spiro atoms. The molecule has 2 aromatic rings. The van der Waals surface area contributed by atoms with Crippen LogP contribution >= 0.6 is 11.3 Å². The predicted octanol–water partition coefficient (Wildman–Crippen LogP) is 3.26. The third kappa shape index (κ3) is 1.60. The van der Waals surface area contributed by atoms with Gasteiger partial charge in [0, 0.05) is 0 Å². The zero-order chi connectivity index (χ0) is 9.97. The number of aromatic nitrogens is 1. The lowest BCUT2D eigenvalue weighted by molar-refractivity contribution is 0.340. The molecule has 0 bridgehead atoms. The van der Waals surface area contributed by atoms with Crippen LogP contribution in [0.3, 0.4) is 0 Å². The number of hydrogen-bond acceptors (Lipinski definition) is 3. The van der Waals surface area contributed by atoms with Gasteiger partial charge in [0.2, 0.25) is 0 Å². The Bertz CT molecular complexity index is 436. The number of hydrogen-bond donors (Lipinski definition) is 0. The normalized spacial score (nSPS) is 10.7. The van der Waals surface area contributed by atoms with Gasteiger partial charge in [-0.15, -0.1) is 11.3 Å². The lowest BCUT2D eigenvalue weighted by atomic mass is 10.1. The quantitative estimate of drug-likeness (QED) is 0.770. The number of thiazole rings is 1. The summed E-state index contributed by atoms with van der Waals surface area (Å²) in [6.45, 7) is 4.86. The van der Waals surface area contributed by atoms with Crippen LogP contribution in [0.25, 0.3) is 10.2 Å². The van der Waals surface area contributed by atoms with Gasteiger partial charge in [-0.1, -0.05) is 6.92 Å². The van der Waals surface area contributed by atoms with Crippen molar-refractivity contribution < 1.29 is 4.74 Å². The van der Waals surface area contributed by atoms with Crippen molar-refractivity contribution in [3.05, 3.63) is 23.2 Å². The van der Waals surface area contributed by atoms with Crippen LogP contribution in [-0.4, -0.2) is 11.6 Å². The fourth-order valence-electron chi connectivity index (χ4n) is 1.53. The third-order valence-electron chi connectivity index (χ3n) is 2.18. The Morgan fingerprint density at radius 1 is 1.36 bits per heavy atom. The molecule has 0 N–H and O–H groups in total. The Labute approximate surface area is 87.5 Å². The van der Waals surface area contributed by atoms with Crippen LogP contribution in [0.4, 0.5) is 0 Å². The van der Waals surface area contributed by atoms with Crippen LogP contribution in [0.15, 0.2) is 17.6 Å². The van der Waals surface area contributed by atoms with E-state index in [1.807, 2.05) is 12.4 Å². The third-order valence-corrected chi connectivity index (χ3v) is 2.96. The maximum Gasteiger partial charge on any atom is 0.121 e. The number of benzene rings is 1. The molecule has 14 heavy (non-hydrogen) atoms. The van der Waals surface area contributed by atoms with E-state index in [0.717, 1.165) is 17.7 Å². The minimum atomic E-state index is 0.716. The van der Waals surface area contributed by atoms with Crippen molar-refractivity contribution in [1.82, 2.24) is 4.98 Å². The average molecular weight is 207 g/mol. The van der Waals surface area contributed by atoms with E-state index in [1.165, 1.54) is 10.3 Å². The van der Waals surface area contributed by atoms with Crippen LogP contribution in [0.1, 0.15) is 19.4 Å². The molecule has 3 heteroatoms. The molecule has 0 saturated carbocycles. The summed E-state index contributed by atoms with van der Waals surface area (Å²) in [6, 6.07) is 4.15. The van der Waals surface area contributed by atoms with Crippen molar-refractivity contribution >= 4 is 21.6 Å². The van der Waals surface area contributed by atoms with Crippen molar-refractivity contribution in [3.8, 4) is 5.75 Å². The van der Waals surface area contributed by atoms with Gasteiger partial charge in [-0.2, -0.15) is 0 Å². The van der Waals surface area contributed by atoms with Gasteiger partial charge in [0.1, 0.15) is 5.75 Å². The fraction of sp³-hybridized carbons (Fsp3) is 0.364. The molecular weight excluding hydrogens is 194 g/mol. The Morgan fingerprint density at radius 2 is 2.21 bits per heavy atom. The standard InChI is InChI=1S/C11H13NOS/c1-3-8-5-9(13-4-2)6-10-11(8)12-7-14-10/h5-7H,3-4H2,1-2H3.